The van der Waals surface area contributed by atoms with Crippen LogP contribution in [-0.2, 0) is 6.42 Å². The van der Waals surface area contributed by atoms with Gasteiger partial charge in [0, 0.05) is 18.1 Å². The number of rotatable bonds is 7. The Labute approximate surface area is 153 Å². The molecule has 2 N–H and O–H groups in total. The maximum Gasteiger partial charge on any atom is 0.314 e. The molecule has 25 heavy (non-hydrogen) atoms. The van der Waals surface area contributed by atoms with Crippen molar-refractivity contribution in [1.29, 1.82) is 0 Å². The molecule has 0 aliphatic carbocycles. The number of amides is 2. The third-order valence-electron chi connectivity index (χ3n) is 3.90. The van der Waals surface area contributed by atoms with Gasteiger partial charge in [0.1, 0.15) is 5.82 Å². The number of halogens is 2. The molecular formula is C19H23ClFN3O. The van der Waals surface area contributed by atoms with Crippen molar-refractivity contribution in [2.45, 2.75) is 12.5 Å². The molecule has 0 aliphatic rings. The molecule has 0 heterocycles. The summed E-state index contributed by atoms with van der Waals surface area (Å²) in [6.07, 6.45) is 0.703. The second kappa shape index (κ2) is 9.39. The van der Waals surface area contributed by atoms with E-state index in [-0.39, 0.29) is 17.9 Å². The first kappa shape index (κ1) is 19.2. The highest BCUT2D eigenvalue weighted by Crippen LogP contribution is 2.18. The lowest BCUT2D eigenvalue weighted by molar-refractivity contribution is 0.233. The highest BCUT2D eigenvalue weighted by atomic mass is 35.5. The van der Waals surface area contributed by atoms with Crippen LogP contribution in [-0.4, -0.2) is 38.1 Å². The van der Waals surface area contributed by atoms with Crippen LogP contribution >= 0.6 is 11.6 Å². The van der Waals surface area contributed by atoms with E-state index < -0.39 is 0 Å². The minimum Gasteiger partial charge on any atom is -0.338 e. The van der Waals surface area contributed by atoms with Gasteiger partial charge in [-0.15, -0.1) is 0 Å². The van der Waals surface area contributed by atoms with E-state index in [4.69, 9.17) is 11.6 Å². The van der Waals surface area contributed by atoms with E-state index in [0.717, 1.165) is 11.1 Å². The smallest absolute Gasteiger partial charge is 0.314 e. The molecule has 0 bridgehead atoms. The van der Waals surface area contributed by atoms with E-state index in [1.54, 1.807) is 6.07 Å². The van der Waals surface area contributed by atoms with Crippen molar-refractivity contribution in [3.63, 3.8) is 0 Å². The van der Waals surface area contributed by atoms with Gasteiger partial charge in [0.2, 0.25) is 0 Å². The van der Waals surface area contributed by atoms with Gasteiger partial charge in [0.25, 0.3) is 0 Å². The molecule has 1 atom stereocenters. The number of hydrogen-bond acceptors (Lipinski definition) is 2. The summed E-state index contributed by atoms with van der Waals surface area (Å²) in [7, 11) is 3.79. The molecule has 2 aromatic rings. The molecule has 6 heteroatoms. The van der Waals surface area contributed by atoms with Crippen molar-refractivity contribution < 1.29 is 9.18 Å². The quantitative estimate of drug-likeness (QED) is 0.789. The predicted octanol–water partition coefficient (Wildman–Crippen LogP) is 3.62. The van der Waals surface area contributed by atoms with E-state index in [1.807, 2.05) is 49.3 Å². The minimum atomic E-state index is -0.282. The number of likely N-dealkylation sites (N-methyl/N-ethyl adjacent to an activating group) is 1. The van der Waals surface area contributed by atoms with Gasteiger partial charge in [-0.25, -0.2) is 9.18 Å². The summed E-state index contributed by atoms with van der Waals surface area (Å²) < 4.78 is 13.4. The van der Waals surface area contributed by atoms with Gasteiger partial charge in [-0.05, 0) is 55.9 Å². The zero-order chi connectivity index (χ0) is 18.2. The first-order valence-corrected chi connectivity index (χ1v) is 8.51. The van der Waals surface area contributed by atoms with Crippen LogP contribution in [0.2, 0.25) is 5.02 Å². The molecule has 0 aromatic heterocycles. The molecular weight excluding hydrogens is 341 g/mol. The Bertz CT molecular complexity index is 709. The Kier molecular flexibility index (Phi) is 7.22. The maximum absolute atomic E-state index is 13.4. The maximum atomic E-state index is 13.4. The molecule has 4 nitrogen and oxygen atoms in total. The van der Waals surface area contributed by atoms with Gasteiger partial charge in [-0.3, -0.25) is 0 Å². The molecule has 0 saturated heterocycles. The Morgan fingerprint density at radius 2 is 1.92 bits per heavy atom. The molecule has 0 fully saturated rings. The lowest BCUT2D eigenvalue weighted by Gasteiger charge is -2.25. The number of nitrogens with zero attached hydrogens (tertiary/aromatic N) is 1. The van der Waals surface area contributed by atoms with Crippen LogP contribution in [0, 0.1) is 5.82 Å². The van der Waals surface area contributed by atoms with Gasteiger partial charge in [-0.1, -0.05) is 35.9 Å². The predicted molar refractivity (Wildman–Crippen MR) is 99.4 cm³/mol. The van der Waals surface area contributed by atoms with Crippen molar-refractivity contribution in [3.8, 4) is 0 Å². The Hall–Kier alpha value is -2.11. The van der Waals surface area contributed by atoms with Crippen LogP contribution in [0.1, 0.15) is 17.2 Å². The summed E-state index contributed by atoms with van der Waals surface area (Å²) in [5, 5.41) is 6.35. The number of nitrogens with one attached hydrogen (secondary N) is 2. The number of benzene rings is 2. The van der Waals surface area contributed by atoms with Crippen molar-refractivity contribution in [2.75, 3.05) is 27.2 Å². The van der Waals surface area contributed by atoms with Gasteiger partial charge in [0.15, 0.2) is 0 Å². The van der Waals surface area contributed by atoms with E-state index >= 15 is 0 Å². The highest BCUT2D eigenvalue weighted by molar-refractivity contribution is 6.30. The minimum absolute atomic E-state index is 0.102. The van der Waals surface area contributed by atoms with E-state index in [1.165, 1.54) is 12.1 Å². The Balaban J connectivity index is 1.81. The largest absolute Gasteiger partial charge is 0.338 e. The highest BCUT2D eigenvalue weighted by Gasteiger charge is 2.15. The van der Waals surface area contributed by atoms with Crippen molar-refractivity contribution in [2.24, 2.45) is 0 Å². The van der Waals surface area contributed by atoms with E-state index in [9.17, 15) is 9.18 Å². The summed E-state index contributed by atoms with van der Waals surface area (Å²) >= 11 is 5.94. The van der Waals surface area contributed by atoms with Crippen LogP contribution in [0.25, 0.3) is 0 Å². The standard InChI is InChI=1S/C19H23ClFN3O/c1-24(2)18(15-6-4-8-17(21)12-15)13-23-19(25)22-10-9-14-5-3-7-16(20)11-14/h3-8,11-12,18H,9-10,13H2,1-2H3,(H2,22,23,25). The van der Waals surface area contributed by atoms with Crippen LogP contribution in [0.5, 0.6) is 0 Å². The fourth-order valence-corrected chi connectivity index (χ4v) is 2.79. The van der Waals surface area contributed by atoms with Crippen LogP contribution in [0.15, 0.2) is 48.5 Å². The third-order valence-corrected chi connectivity index (χ3v) is 4.14. The van der Waals surface area contributed by atoms with Crippen LogP contribution in [0.3, 0.4) is 0 Å². The van der Waals surface area contributed by atoms with Crippen molar-refractivity contribution in [1.82, 2.24) is 15.5 Å². The Morgan fingerprint density at radius 3 is 2.60 bits per heavy atom. The summed E-state index contributed by atoms with van der Waals surface area (Å²) in [6, 6.07) is 13.6. The lowest BCUT2D eigenvalue weighted by Crippen LogP contribution is -2.41. The number of carbonyl (C=O) groups excluding carboxylic acids is 1. The Morgan fingerprint density at radius 1 is 1.16 bits per heavy atom. The topological polar surface area (TPSA) is 44.4 Å². The second-order valence-corrected chi connectivity index (χ2v) is 6.49. The summed E-state index contributed by atoms with van der Waals surface area (Å²) in [4.78, 5) is 13.9. The zero-order valence-corrected chi connectivity index (χ0v) is 15.2. The summed E-state index contributed by atoms with van der Waals surface area (Å²) in [6.45, 7) is 0.901. The summed E-state index contributed by atoms with van der Waals surface area (Å²) in [5.41, 5.74) is 1.89. The molecule has 2 amide bonds. The molecule has 1 unspecified atom stereocenters. The summed E-state index contributed by atoms with van der Waals surface area (Å²) in [5.74, 6) is -0.282. The SMILES string of the molecule is CN(C)C(CNC(=O)NCCc1cccc(Cl)c1)c1cccc(F)c1. The molecule has 134 valence electrons. The fraction of sp³-hybridized carbons (Fsp3) is 0.316. The lowest BCUT2D eigenvalue weighted by atomic mass is 10.1. The average Bonchev–Trinajstić information content (AvgIpc) is 2.55. The number of urea groups is 1. The average molecular weight is 364 g/mol. The van der Waals surface area contributed by atoms with Crippen LogP contribution < -0.4 is 10.6 Å². The molecule has 0 saturated carbocycles. The third kappa shape index (κ3) is 6.36. The molecule has 0 spiro atoms. The molecule has 2 aromatic carbocycles. The number of carbonyl (C=O) groups is 1. The van der Waals surface area contributed by atoms with Gasteiger partial charge < -0.3 is 15.5 Å². The van der Waals surface area contributed by atoms with Gasteiger partial charge >= 0.3 is 6.03 Å². The monoisotopic (exact) mass is 363 g/mol. The van der Waals surface area contributed by atoms with Crippen molar-refractivity contribution >= 4 is 17.6 Å². The normalized spacial score (nSPS) is 12.0. The van der Waals surface area contributed by atoms with Crippen molar-refractivity contribution in [3.05, 3.63) is 70.5 Å². The number of hydrogen-bond donors (Lipinski definition) is 2. The fourth-order valence-electron chi connectivity index (χ4n) is 2.58. The first-order chi connectivity index (χ1) is 12.0. The molecule has 0 aliphatic heterocycles. The second-order valence-electron chi connectivity index (χ2n) is 6.05. The van der Waals surface area contributed by atoms with E-state index in [0.29, 0.717) is 24.5 Å². The van der Waals surface area contributed by atoms with Crippen LogP contribution in [0.4, 0.5) is 9.18 Å². The molecule has 0 radical (unpaired) electrons. The zero-order valence-electron chi connectivity index (χ0n) is 14.4. The van der Waals surface area contributed by atoms with Gasteiger partial charge in [-0.2, -0.15) is 0 Å². The molecule has 2 rings (SSSR count). The first-order valence-electron chi connectivity index (χ1n) is 8.14. The van der Waals surface area contributed by atoms with Gasteiger partial charge in [0.05, 0.1) is 6.04 Å². The van der Waals surface area contributed by atoms with E-state index in [2.05, 4.69) is 10.6 Å².